The number of Topliss-reactive ketones (excluding diaryl/α,β-unsaturated/α-hetero) is 1. The first-order valence-electron chi connectivity index (χ1n) is 6.06. The molecule has 0 aliphatic rings. The average molecular weight is 382 g/mol. The van der Waals surface area contributed by atoms with Gasteiger partial charge in [0.1, 0.15) is 3.74 Å². The summed E-state index contributed by atoms with van der Waals surface area (Å²) < 4.78 is -0.258. The van der Waals surface area contributed by atoms with Gasteiger partial charge in [0, 0.05) is 4.88 Å². The van der Waals surface area contributed by atoms with E-state index in [-0.39, 0.29) is 9.52 Å². The van der Waals surface area contributed by atoms with Crippen molar-refractivity contribution < 1.29 is 4.79 Å². The number of hydrogen-bond donors (Lipinski definition) is 0. The molecule has 0 aromatic carbocycles. The van der Waals surface area contributed by atoms with Gasteiger partial charge >= 0.3 is 0 Å². The average Bonchev–Trinajstić information content (AvgIpc) is 2.76. The van der Waals surface area contributed by atoms with Gasteiger partial charge in [0.15, 0.2) is 5.78 Å². The number of ketones is 1. The van der Waals surface area contributed by atoms with Crippen molar-refractivity contribution >= 4 is 49.0 Å². The van der Waals surface area contributed by atoms with Crippen LogP contribution >= 0.6 is 43.2 Å². The summed E-state index contributed by atoms with van der Waals surface area (Å²) in [4.78, 5) is 13.9. The van der Waals surface area contributed by atoms with Crippen LogP contribution in [0.1, 0.15) is 53.6 Å². The number of aryl methyl sites for hydroxylation is 1. The van der Waals surface area contributed by atoms with Crippen LogP contribution < -0.4 is 0 Å². The van der Waals surface area contributed by atoms with E-state index in [0.29, 0.717) is 0 Å². The first kappa shape index (κ1) is 15.4. The van der Waals surface area contributed by atoms with Crippen LogP contribution in [-0.4, -0.2) is 9.52 Å². The molecule has 1 heterocycles. The molecule has 1 aromatic heterocycles. The zero-order valence-electron chi connectivity index (χ0n) is 10.0. The molecule has 0 amide bonds. The summed E-state index contributed by atoms with van der Waals surface area (Å²) in [7, 11) is 0. The van der Waals surface area contributed by atoms with Crippen molar-refractivity contribution in [3.63, 3.8) is 0 Å². The zero-order valence-corrected chi connectivity index (χ0v) is 14.0. The van der Waals surface area contributed by atoms with E-state index in [1.165, 1.54) is 37.0 Å². The van der Waals surface area contributed by atoms with Crippen molar-refractivity contribution in [2.75, 3.05) is 0 Å². The quantitative estimate of drug-likeness (QED) is 0.327. The molecule has 1 rings (SSSR count). The molecular weight excluding hydrogens is 364 g/mol. The highest BCUT2D eigenvalue weighted by Gasteiger charge is 2.15. The van der Waals surface area contributed by atoms with Crippen LogP contribution in [0.5, 0.6) is 0 Å². The van der Waals surface area contributed by atoms with Crippen LogP contribution in [0.15, 0.2) is 12.1 Å². The number of halogens is 2. The van der Waals surface area contributed by atoms with E-state index in [2.05, 4.69) is 44.8 Å². The molecule has 0 fully saturated rings. The SMILES string of the molecule is CCCCCCCc1ccc(C(=O)C(Br)Br)s1. The lowest BCUT2D eigenvalue weighted by Crippen LogP contribution is -2.03. The number of thiophene rings is 1. The molecule has 0 aliphatic carbocycles. The molecule has 0 saturated heterocycles. The van der Waals surface area contributed by atoms with Crippen LogP contribution in [-0.2, 0) is 6.42 Å². The van der Waals surface area contributed by atoms with Crippen molar-refractivity contribution in [3.8, 4) is 0 Å². The van der Waals surface area contributed by atoms with Gasteiger partial charge < -0.3 is 0 Å². The topological polar surface area (TPSA) is 17.1 Å². The largest absolute Gasteiger partial charge is 0.291 e. The van der Waals surface area contributed by atoms with E-state index in [1.807, 2.05) is 6.07 Å². The summed E-state index contributed by atoms with van der Waals surface area (Å²) in [5, 5.41) is 0. The molecule has 1 aromatic rings. The Morgan fingerprint density at radius 1 is 1.24 bits per heavy atom. The van der Waals surface area contributed by atoms with Crippen LogP contribution in [0.4, 0.5) is 0 Å². The number of carbonyl (C=O) groups is 1. The molecule has 0 saturated carbocycles. The summed E-state index contributed by atoms with van der Waals surface area (Å²) >= 11 is 8.10. The van der Waals surface area contributed by atoms with Gasteiger partial charge in [0.2, 0.25) is 0 Å². The standard InChI is InChI=1S/C13H18Br2OS/c1-2-3-4-5-6-7-10-8-9-11(17-10)12(16)13(14)15/h8-9,13H,2-7H2,1H3. The Hall–Kier alpha value is 0.330. The van der Waals surface area contributed by atoms with Gasteiger partial charge in [-0.2, -0.15) is 0 Å². The summed E-state index contributed by atoms with van der Waals surface area (Å²) in [6, 6.07) is 4.02. The van der Waals surface area contributed by atoms with Gasteiger partial charge in [-0.1, -0.05) is 64.5 Å². The molecule has 4 heteroatoms. The van der Waals surface area contributed by atoms with Crippen molar-refractivity contribution in [2.24, 2.45) is 0 Å². The first-order valence-corrected chi connectivity index (χ1v) is 8.71. The molecule has 0 radical (unpaired) electrons. The summed E-state index contributed by atoms with van der Waals surface area (Å²) in [5.74, 6) is 0.118. The number of hydrogen-bond acceptors (Lipinski definition) is 2. The second-order valence-corrected chi connectivity index (χ2v) is 8.32. The van der Waals surface area contributed by atoms with E-state index >= 15 is 0 Å². The van der Waals surface area contributed by atoms with E-state index in [4.69, 9.17) is 0 Å². The maximum Gasteiger partial charge on any atom is 0.197 e. The number of alkyl halides is 2. The summed E-state index contributed by atoms with van der Waals surface area (Å²) in [6.45, 7) is 2.23. The summed E-state index contributed by atoms with van der Waals surface area (Å²) in [5.41, 5.74) is 0. The molecule has 0 aliphatic heterocycles. The highest BCUT2D eigenvalue weighted by atomic mass is 79.9. The van der Waals surface area contributed by atoms with Gasteiger partial charge in [0.25, 0.3) is 0 Å². The smallest absolute Gasteiger partial charge is 0.197 e. The zero-order chi connectivity index (χ0) is 12.7. The lowest BCUT2D eigenvalue weighted by atomic mass is 10.1. The third-order valence-electron chi connectivity index (χ3n) is 2.63. The molecule has 17 heavy (non-hydrogen) atoms. The van der Waals surface area contributed by atoms with Crippen LogP contribution in [0.3, 0.4) is 0 Å². The van der Waals surface area contributed by atoms with E-state index in [9.17, 15) is 4.79 Å². The summed E-state index contributed by atoms with van der Waals surface area (Å²) in [6.07, 6.45) is 7.60. The van der Waals surface area contributed by atoms with E-state index in [0.717, 1.165) is 11.3 Å². The molecule has 0 spiro atoms. The predicted octanol–water partition coefficient (Wildman–Crippen LogP) is 5.56. The maximum absolute atomic E-state index is 11.7. The Morgan fingerprint density at radius 2 is 1.94 bits per heavy atom. The van der Waals surface area contributed by atoms with Crippen LogP contribution in [0, 0.1) is 0 Å². The molecular formula is C13H18Br2OS. The molecule has 1 nitrogen and oxygen atoms in total. The Morgan fingerprint density at radius 3 is 2.59 bits per heavy atom. The molecule has 0 unspecified atom stereocenters. The van der Waals surface area contributed by atoms with Gasteiger partial charge in [-0.15, -0.1) is 11.3 Å². The lowest BCUT2D eigenvalue weighted by Gasteiger charge is -1.98. The second kappa shape index (κ2) is 8.44. The van der Waals surface area contributed by atoms with E-state index in [1.54, 1.807) is 11.3 Å². The monoisotopic (exact) mass is 380 g/mol. The van der Waals surface area contributed by atoms with Crippen molar-refractivity contribution in [1.29, 1.82) is 0 Å². The van der Waals surface area contributed by atoms with Gasteiger partial charge in [-0.25, -0.2) is 0 Å². The molecule has 0 bridgehead atoms. The molecule has 0 N–H and O–H groups in total. The highest BCUT2D eigenvalue weighted by Crippen LogP contribution is 2.24. The van der Waals surface area contributed by atoms with Crippen LogP contribution in [0.2, 0.25) is 0 Å². The van der Waals surface area contributed by atoms with Crippen molar-refractivity contribution in [2.45, 2.75) is 49.2 Å². The fourth-order valence-electron chi connectivity index (χ4n) is 1.66. The van der Waals surface area contributed by atoms with Gasteiger partial charge in [0.05, 0.1) is 4.88 Å². The number of rotatable bonds is 8. The molecule has 0 atom stereocenters. The Labute approximate surface area is 124 Å². The third-order valence-corrected chi connectivity index (χ3v) is 4.62. The Kier molecular flexibility index (Phi) is 7.64. The third kappa shape index (κ3) is 5.66. The number of unbranched alkanes of at least 4 members (excludes halogenated alkanes) is 4. The minimum absolute atomic E-state index is 0.118. The minimum atomic E-state index is -0.258. The normalized spacial score (nSPS) is 11.1. The first-order chi connectivity index (χ1) is 8.15. The fraction of sp³-hybridized carbons (Fsp3) is 0.615. The number of carbonyl (C=O) groups excluding carboxylic acids is 1. The predicted molar refractivity (Wildman–Crippen MR) is 82.8 cm³/mol. The van der Waals surface area contributed by atoms with Crippen molar-refractivity contribution in [3.05, 3.63) is 21.9 Å². The minimum Gasteiger partial charge on any atom is -0.291 e. The van der Waals surface area contributed by atoms with Gasteiger partial charge in [-0.3, -0.25) is 4.79 Å². The second-order valence-electron chi connectivity index (χ2n) is 4.10. The fourth-order valence-corrected chi connectivity index (χ4v) is 3.47. The van der Waals surface area contributed by atoms with Crippen LogP contribution in [0.25, 0.3) is 0 Å². The van der Waals surface area contributed by atoms with Crippen molar-refractivity contribution in [1.82, 2.24) is 0 Å². The lowest BCUT2D eigenvalue weighted by molar-refractivity contribution is 0.102. The maximum atomic E-state index is 11.7. The highest BCUT2D eigenvalue weighted by molar-refractivity contribution is 9.25. The Balaban J connectivity index is 2.33. The van der Waals surface area contributed by atoms with Gasteiger partial charge in [-0.05, 0) is 25.0 Å². The molecule has 96 valence electrons. The Bertz CT molecular complexity index is 347. The van der Waals surface area contributed by atoms with E-state index < -0.39 is 0 Å².